The number of hydrogen-bond acceptors (Lipinski definition) is 1. The van der Waals surface area contributed by atoms with Crippen LogP contribution >= 0.6 is 0 Å². The maximum absolute atomic E-state index is 9.37. The normalized spacial score (nSPS) is 11.3. The highest BCUT2D eigenvalue weighted by Crippen LogP contribution is 2.12. The largest absolute Gasteiger partial charge is 0.386 e. The van der Waals surface area contributed by atoms with Crippen LogP contribution in [-0.2, 0) is 0 Å². The Kier molecular flexibility index (Phi) is 3.66. The predicted octanol–water partition coefficient (Wildman–Crippen LogP) is 2.50. The van der Waals surface area contributed by atoms with Crippen LogP contribution in [0.3, 0.4) is 0 Å². The molecule has 0 saturated heterocycles. The Balaban J connectivity index is 4.11. The van der Waals surface area contributed by atoms with Crippen LogP contribution < -0.4 is 0 Å². The first-order chi connectivity index (χ1) is 4.49. The predicted molar refractivity (Wildman–Crippen MR) is 45.0 cm³/mol. The summed E-state index contributed by atoms with van der Waals surface area (Å²) in [4.78, 5) is 0. The molecule has 0 rings (SSSR count). The van der Waals surface area contributed by atoms with Crippen molar-refractivity contribution in [3.63, 3.8) is 0 Å². The minimum atomic E-state index is -0.638. The highest BCUT2D eigenvalue weighted by Gasteiger charge is 2.07. The van der Waals surface area contributed by atoms with E-state index in [2.05, 4.69) is 13.8 Å². The average Bonchev–Trinajstić information content (AvgIpc) is 1.81. The van der Waals surface area contributed by atoms with E-state index in [-0.39, 0.29) is 0 Å². The minimum absolute atomic E-state index is 0.638. The van der Waals surface area contributed by atoms with Crippen LogP contribution in [0.15, 0.2) is 11.6 Å². The molecular weight excluding hydrogens is 124 g/mol. The molecule has 60 valence electrons. The van der Waals surface area contributed by atoms with Gasteiger partial charge in [0.25, 0.3) is 0 Å². The molecule has 1 nitrogen and oxygen atoms in total. The Labute approximate surface area is 63.8 Å². The molecule has 0 aromatic carbocycles. The molecule has 0 spiro atoms. The van der Waals surface area contributed by atoms with Crippen LogP contribution in [0.1, 0.15) is 40.5 Å². The molecule has 0 atom stereocenters. The summed E-state index contributed by atoms with van der Waals surface area (Å²) in [5.41, 5.74) is 0.689. The quantitative estimate of drug-likeness (QED) is 0.600. The summed E-state index contributed by atoms with van der Waals surface area (Å²) in [7, 11) is 0. The Morgan fingerprint density at radius 2 is 1.70 bits per heavy atom. The fourth-order valence-corrected chi connectivity index (χ4v) is 0.954. The van der Waals surface area contributed by atoms with E-state index >= 15 is 0 Å². The van der Waals surface area contributed by atoms with E-state index in [1.54, 1.807) is 13.8 Å². The zero-order valence-corrected chi connectivity index (χ0v) is 7.44. The molecule has 0 aromatic heterocycles. The summed E-state index contributed by atoms with van der Waals surface area (Å²) in [6.45, 7) is 7.83. The first-order valence-electron chi connectivity index (χ1n) is 3.92. The topological polar surface area (TPSA) is 20.2 Å². The van der Waals surface area contributed by atoms with Gasteiger partial charge in [-0.3, -0.25) is 0 Å². The number of hydrogen-bond donors (Lipinski definition) is 1. The second kappa shape index (κ2) is 3.77. The van der Waals surface area contributed by atoms with Crippen molar-refractivity contribution in [3.05, 3.63) is 11.6 Å². The van der Waals surface area contributed by atoms with E-state index in [1.807, 2.05) is 6.08 Å². The van der Waals surface area contributed by atoms with Gasteiger partial charge < -0.3 is 5.11 Å². The van der Waals surface area contributed by atoms with E-state index in [4.69, 9.17) is 0 Å². The molecular formula is C9H18O. The molecule has 0 aromatic rings. The molecule has 0 aliphatic rings. The van der Waals surface area contributed by atoms with Crippen molar-refractivity contribution in [3.8, 4) is 0 Å². The lowest BCUT2D eigenvalue weighted by Gasteiger charge is -2.13. The second-order valence-electron chi connectivity index (χ2n) is 3.16. The first kappa shape index (κ1) is 9.70. The molecule has 1 N–H and O–H groups in total. The number of aliphatic hydroxyl groups is 1. The molecule has 0 radical (unpaired) electrons. The van der Waals surface area contributed by atoms with Crippen LogP contribution in [0, 0.1) is 0 Å². The van der Waals surface area contributed by atoms with Gasteiger partial charge in [-0.2, -0.15) is 0 Å². The van der Waals surface area contributed by atoms with E-state index in [1.165, 1.54) is 5.57 Å². The molecule has 10 heavy (non-hydrogen) atoms. The van der Waals surface area contributed by atoms with Gasteiger partial charge in [0.15, 0.2) is 0 Å². The number of rotatable bonds is 3. The lowest BCUT2D eigenvalue weighted by molar-refractivity contribution is 0.132. The molecule has 0 unspecified atom stereocenters. The molecule has 0 heterocycles. The van der Waals surface area contributed by atoms with Gasteiger partial charge in [-0.15, -0.1) is 0 Å². The van der Waals surface area contributed by atoms with Gasteiger partial charge in [-0.25, -0.2) is 0 Å². The molecule has 0 fully saturated rings. The van der Waals surface area contributed by atoms with Crippen molar-refractivity contribution < 1.29 is 5.11 Å². The van der Waals surface area contributed by atoms with Gasteiger partial charge in [-0.1, -0.05) is 25.5 Å². The number of allylic oxidation sites excluding steroid dienone is 1. The third-order valence-electron chi connectivity index (χ3n) is 1.47. The molecule has 0 aliphatic heterocycles. The van der Waals surface area contributed by atoms with Crippen molar-refractivity contribution in [1.29, 1.82) is 0 Å². The van der Waals surface area contributed by atoms with Crippen LogP contribution in [-0.4, -0.2) is 10.7 Å². The van der Waals surface area contributed by atoms with Crippen LogP contribution in [0.5, 0.6) is 0 Å². The Hall–Kier alpha value is -0.300. The lowest BCUT2D eigenvalue weighted by Crippen LogP contribution is -2.14. The molecule has 0 aliphatic carbocycles. The molecule has 0 bridgehead atoms. The van der Waals surface area contributed by atoms with Crippen molar-refractivity contribution in [2.75, 3.05) is 0 Å². The summed E-state index contributed by atoms with van der Waals surface area (Å²) >= 11 is 0. The minimum Gasteiger partial charge on any atom is -0.386 e. The summed E-state index contributed by atoms with van der Waals surface area (Å²) < 4.78 is 0. The van der Waals surface area contributed by atoms with E-state index in [9.17, 15) is 5.11 Å². The van der Waals surface area contributed by atoms with Gasteiger partial charge >= 0.3 is 0 Å². The van der Waals surface area contributed by atoms with Crippen molar-refractivity contribution in [2.45, 2.75) is 46.1 Å². The Morgan fingerprint density at radius 1 is 1.30 bits per heavy atom. The Morgan fingerprint density at radius 3 is 1.80 bits per heavy atom. The van der Waals surface area contributed by atoms with Gasteiger partial charge in [0.1, 0.15) is 0 Å². The van der Waals surface area contributed by atoms with Crippen LogP contribution in [0.25, 0.3) is 0 Å². The average molecular weight is 142 g/mol. The van der Waals surface area contributed by atoms with Gasteiger partial charge in [0, 0.05) is 0 Å². The zero-order valence-electron chi connectivity index (χ0n) is 7.44. The smallest absolute Gasteiger partial charge is 0.0774 e. The molecule has 1 heteroatoms. The van der Waals surface area contributed by atoms with Gasteiger partial charge in [0.05, 0.1) is 5.60 Å². The van der Waals surface area contributed by atoms with Crippen molar-refractivity contribution >= 4 is 0 Å². The Bertz CT molecular complexity index is 111. The monoisotopic (exact) mass is 142 g/mol. The summed E-state index contributed by atoms with van der Waals surface area (Å²) in [5, 5.41) is 9.37. The van der Waals surface area contributed by atoms with Gasteiger partial charge in [0.2, 0.25) is 0 Å². The van der Waals surface area contributed by atoms with Crippen molar-refractivity contribution in [1.82, 2.24) is 0 Å². The fraction of sp³-hybridized carbons (Fsp3) is 0.778. The van der Waals surface area contributed by atoms with Crippen molar-refractivity contribution in [2.24, 2.45) is 0 Å². The second-order valence-corrected chi connectivity index (χ2v) is 3.16. The maximum Gasteiger partial charge on any atom is 0.0774 e. The summed E-state index contributed by atoms with van der Waals surface area (Å²) in [6, 6.07) is 0. The van der Waals surface area contributed by atoms with Crippen LogP contribution in [0.4, 0.5) is 0 Å². The van der Waals surface area contributed by atoms with Crippen LogP contribution in [0.2, 0.25) is 0 Å². The molecule has 0 amide bonds. The highest BCUT2D eigenvalue weighted by atomic mass is 16.3. The third-order valence-corrected chi connectivity index (χ3v) is 1.47. The first-order valence-corrected chi connectivity index (χ1v) is 3.92. The van der Waals surface area contributed by atoms with E-state index < -0.39 is 5.60 Å². The van der Waals surface area contributed by atoms with E-state index in [0.29, 0.717) is 0 Å². The summed E-state index contributed by atoms with van der Waals surface area (Å²) in [6.07, 6.45) is 4.02. The summed E-state index contributed by atoms with van der Waals surface area (Å²) in [5.74, 6) is 0. The highest BCUT2D eigenvalue weighted by molar-refractivity contribution is 5.07. The van der Waals surface area contributed by atoms with Gasteiger partial charge in [-0.05, 0) is 26.7 Å². The zero-order chi connectivity index (χ0) is 8.20. The third kappa shape index (κ3) is 4.57. The molecule has 0 saturated carbocycles. The SMILES string of the molecule is CCC(=CC(C)(C)O)CC. The maximum atomic E-state index is 9.37. The lowest BCUT2D eigenvalue weighted by atomic mass is 10.0. The standard InChI is InChI=1S/C9H18O/c1-5-8(6-2)7-9(3,4)10/h7,10H,5-6H2,1-4H3. The van der Waals surface area contributed by atoms with E-state index in [0.717, 1.165) is 12.8 Å². The fourth-order valence-electron chi connectivity index (χ4n) is 0.954.